The van der Waals surface area contributed by atoms with Crippen LogP contribution in [0.2, 0.25) is 0 Å². The molecule has 0 bridgehead atoms. The number of hydrogen-bond donors (Lipinski definition) is 0. The van der Waals surface area contributed by atoms with Gasteiger partial charge >= 0.3 is 17.8 Å². The van der Waals surface area contributed by atoms with Crippen LogP contribution in [0.3, 0.4) is 0 Å². The first-order valence-corrected chi connectivity index (χ1v) is 11.1. The Hall–Kier alpha value is -0.700. The second kappa shape index (κ2) is 7.18. The zero-order chi connectivity index (χ0) is 22.1. The van der Waals surface area contributed by atoms with Gasteiger partial charge in [-0.1, -0.05) is 0 Å². The van der Waals surface area contributed by atoms with Crippen molar-refractivity contribution in [3.63, 3.8) is 0 Å². The predicted octanol–water partition coefficient (Wildman–Crippen LogP) is 8.35. The van der Waals surface area contributed by atoms with Crippen LogP contribution in [0.15, 0.2) is 0 Å². The van der Waals surface area contributed by atoms with Gasteiger partial charge in [-0.3, -0.25) is 0 Å². The summed E-state index contributed by atoms with van der Waals surface area (Å²) in [5, 5.41) is 0. The molecule has 10 heteroatoms. The Morgan fingerprint density at radius 1 is 0.655 bits per heavy atom. The van der Waals surface area contributed by atoms with Crippen LogP contribution in [-0.4, -0.2) is 17.8 Å². The molecule has 2 heterocycles. The molecular weight excluding hydrogens is 477 g/mol. The fourth-order valence-electron chi connectivity index (χ4n) is 3.59. The lowest BCUT2D eigenvalue weighted by Gasteiger charge is -2.25. The van der Waals surface area contributed by atoms with Crippen LogP contribution in [-0.2, 0) is 11.8 Å². The normalized spacial score (nSPS) is 20.0. The van der Waals surface area contributed by atoms with Crippen LogP contribution in [0.4, 0.5) is 26.3 Å². The lowest BCUT2D eigenvalue weighted by atomic mass is 9.98. The summed E-state index contributed by atoms with van der Waals surface area (Å²) in [5.41, 5.74) is -1.25. The smallest absolute Gasteiger partial charge is 0.194 e. The van der Waals surface area contributed by atoms with Crippen molar-refractivity contribution in [2.75, 3.05) is 0 Å². The molecule has 0 radical (unpaired) electrons. The summed E-state index contributed by atoms with van der Waals surface area (Å²) in [6.45, 7) is 6.05. The Bertz CT molecular complexity index is 938. The first kappa shape index (κ1) is 23.0. The predicted molar refractivity (Wildman–Crippen MR) is 108 cm³/mol. The van der Waals surface area contributed by atoms with Crippen LogP contribution in [0.25, 0.3) is 11.1 Å². The van der Waals surface area contributed by atoms with Gasteiger partial charge in [-0.15, -0.1) is 45.9 Å². The van der Waals surface area contributed by atoms with Gasteiger partial charge in [-0.2, -0.15) is 26.3 Å². The Kier molecular flexibility index (Phi) is 5.68. The highest BCUT2D eigenvalue weighted by Crippen LogP contribution is 2.66. The van der Waals surface area contributed by atoms with Gasteiger partial charge in [-0.05, 0) is 49.9 Å². The molecule has 2 aromatic heterocycles. The molecule has 0 amide bonds. The fourth-order valence-corrected chi connectivity index (χ4v) is 7.07. The first-order valence-electron chi connectivity index (χ1n) is 8.44. The molecule has 0 aliphatic heterocycles. The minimum atomic E-state index is -5.57. The van der Waals surface area contributed by atoms with E-state index in [1.165, 1.54) is 13.8 Å². The van der Waals surface area contributed by atoms with Crippen molar-refractivity contribution in [1.82, 2.24) is 0 Å². The van der Waals surface area contributed by atoms with E-state index in [0.29, 0.717) is 20.9 Å². The number of halogens is 8. The van der Waals surface area contributed by atoms with Crippen molar-refractivity contribution in [3.8, 4) is 0 Å². The fraction of sp³-hybridized carbons (Fsp3) is 0.474. The Morgan fingerprint density at radius 3 is 1.21 bits per heavy atom. The molecule has 0 aromatic carbocycles. The van der Waals surface area contributed by atoms with E-state index in [9.17, 15) is 26.3 Å². The summed E-state index contributed by atoms with van der Waals surface area (Å²) < 4.78 is 88.5. The van der Waals surface area contributed by atoms with Crippen LogP contribution in [0.1, 0.15) is 41.8 Å². The molecule has 3 rings (SSSR count). The number of alkyl halides is 8. The highest BCUT2D eigenvalue weighted by atomic mass is 35.5. The van der Waals surface area contributed by atoms with Gasteiger partial charge in [0.05, 0.1) is 11.1 Å². The second-order valence-corrected chi connectivity index (χ2v) is 9.91. The lowest BCUT2D eigenvalue weighted by molar-refractivity contribution is -0.254. The molecule has 0 spiro atoms. The number of allylic oxidation sites excluding steroid dienone is 2. The zero-order valence-corrected chi connectivity index (χ0v) is 18.9. The SMILES string of the molecule is Cc1sc(C2=C(c3sc(C)c(CCl)c3C)C(F)(F)C(F)(F)C2(F)F)c(C)c1CCl. The zero-order valence-electron chi connectivity index (χ0n) is 15.8. The second-order valence-electron chi connectivity index (χ2n) is 6.92. The number of rotatable bonds is 4. The topological polar surface area (TPSA) is 0 Å². The molecule has 29 heavy (non-hydrogen) atoms. The van der Waals surface area contributed by atoms with Gasteiger partial charge in [0.25, 0.3) is 0 Å². The van der Waals surface area contributed by atoms with E-state index in [0.717, 1.165) is 22.7 Å². The molecule has 0 atom stereocenters. The van der Waals surface area contributed by atoms with Gasteiger partial charge in [0.2, 0.25) is 0 Å². The summed E-state index contributed by atoms with van der Waals surface area (Å²) in [4.78, 5) is 0.476. The van der Waals surface area contributed by atoms with E-state index < -0.39 is 28.9 Å². The molecular formula is C19H16Cl2F6S2. The third-order valence-corrected chi connectivity index (χ3v) is 8.40. The third kappa shape index (κ3) is 2.92. The number of hydrogen-bond acceptors (Lipinski definition) is 2. The van der Waals surface area contributed by atoms with Crippen molar-refractivity contribution in [1.29, 1.82) is 0 Å². The number of thiophene rings is 2. The van der Waals surface area contributed by atoms with Gasteiger partial charge < -0.3 is 0 Å². The van der Waals surface area contributed by atoms with Crippen molar-refractivity contribution >= 4 is 57.0 Å². The summed E-state index contributed by atoms with van der Waals surface area (Å²) >= 11 is 13.3. The van der Waals surface area contributed by atoms with Gasteiger partial charge in [0.15, 0.2) is 0 Å². The van der Waals surface area contributed by atoms with E-state index in [1.54, 1.807) is 13.8 Å². The molecule has 2 aromatic rings. The van der Waals surface area contributed by atoms with Crippen LogP contribution >= 0.6 is 45.9 Å². The average molecular weight is 493 g/mol. The van der Waals surface area contributed by atoms with Gasteiger partial charge in [-0.25, -0.2) is 0 Å². The molecule has 0 fully saturated rings. The minimum absolute atomic E-state index is 0.0390. The number of aryl methyl sites for hydroxylation is 2. The van der Waals surface area contributed by atoms with Crippen LogP contribution in [0.5, 0.6) is 0 Å². The largest absolute Gasteiger partial charge is 0.380 e. The maximum atomic E-state index is 14.9. The third-order valence-electron chi connectivity index (χ3n) is 5.33. The molecule has 0 N–H and O–H groups in total. The highest BCUT2D eigenvalue weighted by Gasteiger charge is 2.80. The van der Waals surface area contributed by atoms with Crippen LogP contribution < -0.4 is 0 Å². The van der Waals surface area contributed by atoms with Crippen LogP contribution in [0, 0.1) is 27.7 Å². The van der Waals surface area contributed by atoms with Gasteiger partial charge in [0, 0.05) is 31.3 Å². The van der Waals surface area contributed by atoms with E-state index in [4.69, 9.17) is 23.2 Å². The first-order chi connectivity index (χ1) is 13.3. The van der Waals surface area contributed by atoms with Crippen molar-refractivity contribution < 1.29 is 26.3 Å². The van der Waals surface area contributed by atoms with Crippen molar-refractivity contribution in [3.05, 3.63) is 41.8 Å². The Balaban J connectivity index is 2.49. The van der Waals surface area contributed by atoms with E-state index in [2.05, 4.69) is 0 Å². The summed E-state index contributed by atoms with van der Waals surface area (Å²) in [6.07, 6.45) is 0. The molecule has 1 aliphatic rings. The maximum absolute atomic E-state index is 14.9. The molecule has 0 saturated heterocycles. The van der Waals surface area contributed by atoms with Gasteiger partial charge in [0.1, 0.15) is 0 Å². The van der Waals surface area contributed by atoms with E-state index >= 15 is 0 Å². The molecule has 0 unspecified atom stereocenters. The minimum Gasteiger partial charge on any atom is -0.194 e. The van der Waals surface area contributed by atoms with Crippen molar-refractivity contribution in [2.24, 2.45) is 0 Å². The highest BCUT2D eigenvalue weighted by molar-refractivity contribution is 7.14. The molecule has 0 nitrogen and oxygen atoms in total. The lowest BCUT2D eigenvalue weighted by Crippen LogP contribution is -2.48. The Labute approximate surface area is 182 Å². The molecule has 0 saturated carbocycles. The molecule has 160 valence electrons. The maximum Gasteiger partial charge on any atom is 0.380 e. The van der Waals surface area contributed by atoms with E-state index in [1.807, 2.05) is 0 Å². The summed E-state index contributed by atoms with van der Waals surface area (Å²) in [7, 11) is 0. The molecule has 1 aliphatic carbocycles. The van der Waals surface area contributed by atoms with Crippen molar-refractivity contribution in [2.45, 2.75) is 57.2 Å². The quantitative estimate of drug-likeness (QED) is 0.297. The Morgan fingerprint density at radius 2 is 0.966 bits per heavy atom. The van der Waals surface area contributed by atoms with E-state index in [-0.39, 0.29) is 32.6 Å². The average Bonchev–Trinajstić information content (AvgIpc) is 3.09. The summed E-state index contributed by atoms with van der Waals surface area (Å²) in [6, 6.07) is 0. The standard InChI is InChI=1S/C19H16Cl2F6S2/c1-7-11(5-20)9(3)28-15(7)13-14(16-8(2)12(6-21)10(4)29-16)18(24,25)19(26,27)17(13,22)23/h5-6H2,1-4H3. The monoisotopic (exact) mass is 492 g/mol. The summed E-state index contributed by atoms with van der Waals surface area (Å²) in [5.74, 6) is -15.8.